The van der Waals surface area contributed by atoms with Crippen molar-refractivity contribution in [2.45, 2.75) is 33.2 Å². The summed E-state index contributed by atoms with van der Waals surface area (Å²) in [6, 6.07) is 7.63. The lowest BCUT2D eigenvalue weighted by atomic mass is 10.0. The van der Waals surface area contributed by atoms with Crippen LogP contribution in [-0.2, 0) is 6.42 Å². The van der Waals surface area contributed by atoms with Gasteiger partial charge in [0.05, 0.1) is 6.04 Å². The van der Waals surface area contributed by atoms with Crippen LogP contribution in [0.5, 0.6) is 0 Å². The highest BCUT2D eigenvalue weighted by Gasteiger charge is 2.17. The number of carbonyl (C=O) groups excluding carboxylic acids is 1. The molecule has 1 unspecified atom stereocenters. The molecule has 0 aliphatic rings. The molecule has 0 aliphatic heterocycles. The van der Waals surface area contributed by atoms with E-state index >= 15 is 0 Å². The average molecular weight is 242 g/mol. The fourth-order valence-corrected chi connectivity index (χ4v) is 2.07. The van der Waals surface area contributed by atoms with E-state index in [9.17, 15) is 4.79 Å². The summed E-state index contributed by atoms with van der Waals surface area (Å²) in [7, 11) is 0. The Hall–Kier alpha value is -1.90. The number of Topliss-reactive ketones (excluding diaryl/α,β-unsaturated/α-hetero) is 1. The quantitative estimate of drug-likeness (QED) is 0.772. The zero-order chi connectivity index (χ0) is 13.1. The molecule has 0 N–H and O–H groups in total. The van der Waals surface area contributed by atoms with Crippen LogP contribution < -0.4 is 0 Å². The Morgan fingerprint density at radius 2 is 2.00 bits per heavy atom. The van der Waals surface area contributed by atoms with Crippen molar-refractivity contribution in [2.75, 3.05) is 0 Å². The zero-order valence-electron chi connectivity index (χ0n) is 11.1. The van der Waals surface area contributed by atoms with Gasteiger partial charge >= 0.3 is 0 Å². The van der Waals surface area contributed by atoms with E-state index in [1.165, 1.54) is 5.56 Å². The summed E-state index contributed by atoms with van der Waals surface area (Å²) in [5.41, 5.74) is 2.01. The van der Waals surface area contributed by atoms with Gasteiger partial charge in [-0.1, -0.05) is 31.2 Å². The Bertz CT molecular complexity index is 540. The predicted molar refractivity (Wildman–Crippen MR) is 71.8 cm³/mol. The van der Waals surface area contributed by atoms with E-state index < -0.39 is 0 Å². The lowest BCUT2D eigenvalue weighted by Gasteiger charge is -2.14. The molecule has 1 heterocycles. The third-order valence-electron chi connectivity index (χ3n) is 3.31. The van der Waals surface area contributed by atoms with Crippen LogP contribution in [0, 0.1) is 6.92 Å². The fourth-order valence-electron chi connectivity index (χ4n) is 2.07. The van der Waals surface area contributed by atoms with E-state index in [1.54, 1.807) is 6.20 Å². The average Bonchev–Trinajstić information content (AvgIpc) is 2.83. The van der Waals surface area contributed by atoms with Crippen molar-refractivity contribution in [1.82, 2.24) is 9.55 Å². The highest BCUT2D eigenvalue weighted by molar-refractivity contribution is 5.98. The van der Waals surface area contributed by atoms with E-state index in [-0.39, 0.29) is 11.8 Å². The minimum Gasteiger partial charge on any atom is -0.325 e. The first-order chi connectivity index (χ1) is 8.63. The summed E-state index contributed by atoms with van der Waals surface area (Å²) in [4.78, 5) is 16.5. The maximum Gasteiger partial charge on any atom is 0.185 e. The molecular formula is C15H18N2O. The summed E-state index contributed by atoms with van der Waals surface area (Å²) >= 11 is 0. The molecule has 0 saturated heterocycles. The number of aromatic nitrogens is 2. The zero-order valence-corrected chi connectivity index (χ0v) is 11.1. The maximum atomic E-state index is 12.3. The molecule has 0 radical (unpaired) electrons. The van der Waals surface area contributed by atoms with Gasteiger partial charge < -0.3 is 4.57 Å². The van der Waals surface area contributed by atoms with E-state index in [1.807, 2.05) is 48.9 Å². The number of hydrogen-bond donors (Lipinski definition) is 0. The Morgan fingerprint density at radius 1 is 1.33 bits per heavy atom. The van der Waals surface area contributed by atoms with E-state index in [4.69, 9.17) is 0 Å². The number of nitrogens with zero attached hydrogens (tertiary/aromatic N) is 2. The van der Waals surface area contributed by atoms with Crippen molar-refractivity contribution in [3.63, 3.8) is 0 Å². The molecule has 0 bridgehead atoms. The topological polar surface area (TPSA) is 34.9 Å². The molecule has 0 fully saturated rings. The first-order valence-electron chi connectivity index (χ1n) is 6.26. The van der Waals surface area contributed by atoms with Gasteiger partial charge in [0.1, 0.15) is 5.82 Å². The number of carbonyl (C=O) groups is 1. The number of benzene rings is 1. The third-order valence-corrected chi connectivity index (χ3v) is 3.31. The van der Waals surface area contributed by atoms with Crippen LogP contribution in [-0.4, -0.2) is 15.3 Å². The molecule has 3 nitrogen and oxygen atoms in total. The Kier molecular flexibility index (Phi) is 3.60. The smallest absolute Gasteiger partial charge is 0.185 e. The van der Waals surface area contributed by atoms with Gasteiger partial charge in [-0.05, 0) is 25.8 Å². The SMILES string of the molecule is CCc1ccc(C(=O)C(C)n2ccnc2C)cc1. The second-order valence-electron chi connectivity index (χ2n) is 4.47. The molecule has 1 aromatic carbocycles. The van der Waals surface area contributed by atoms with Gasteiger partial charge in [0.2, 0.25) is 0 Å². The van der Waals surface area contributed by atoms with Crippen LogP contribution >= 0.6 is 0 Å². The largest absolute Gasteiger partial charge is 0.325 e. The van der Waals surface area contributed by atoms with Crippen LogP contribution in [0.3, 0.4) is 0 Å². The summed E-state index contributed by atoms with van der Waals surface area (Å²) in [5.74, 6) is 0.986. The van der Waals surface area contributed by atoms with Gasteiger partial charge in [0, 0.05) is 18.0 Å². The van der Waals surface area contributed by atoms with Crippen LogP contribution in [0.2, 0.25) is 0 Å². The highest BCUT2D eigenvalue weighted by atomic mass is 16.1. The number of imidazole rings is 1. The molecular weight excluding hydrogens is 224 g/mol. The van der Waals surface area contributed by atoms with Gasteiger partial charge in [-0.25, -0.2) is 4.98 Å². The number of hydrogen-bond acceptors (Lipinski definition) is 2. The molecule has 3 heteroatoms. The van der Waals surface area contributed by atoms with Gasteiger partial charge in [-0.2, -0.15) is 0 Å². The fraction of sp³-hybridized carbons (Fsp3) is 0.333. The maximum absolute atomic E-state index is 12.3. The van der Waals surface area contributed by atoms with Gasteiger partial charge in [0.25, 0.3) is 0 Å². The molecule has 0 aliphatic carbocycles. The van der Waals surface area contributed by atoms with Crippen LogP contribution in [0.1, 0.15) is 41.6 Å². The number of rotatable bonds is 4. The molecule has 0 spiro atoms. The van der Waals surface area contributed by atoms with Gasteiger partial charge in [0.15, 0.2) is 5.78 Å². The summed E-state index contributed by atoms with van der Waals surface area (Å²) in [5, 5.41) is 0. The lowest BCUT2D eigenvalue weighted by Crippen LogP contribution is -2.17. The Balaban J connectivity index is 2.23. The number of aryl methyl sites for hydroxylation is 2. The van der Waals surface area contributed by atoms with E-state index in [2.05, 4.69) is 11.9 Å². The third kappa shape index (κ3) is 2.35. The van der Waals surface area contributed by atoms with Crippen LogP contribution in [0.25, 0.3) is 0 Å². The molecule has 0 saturated carbocycles. The molecule has 1 atom stereocenters. The highest BCUT2D eigenvalue weighted by Crippen LogP contribution is 2.16. The van der Waals surface area contributed by atoms with Gasteiger partial charge in [-0.3, -0.25) is 4.79 Å². The first-order valence-corrected chi connectivity index (χ1v) is 6.26. The number of ketones is 1. The monoisotopic (exact) mass is 242 g/mol. The van der Waals surface area contributed by atoms with E-state index in [0.29, 0.717) is 0 Å². The minimum atomic E-state index is -0.208. The molecule has 0 amide bonds. The Labute approximate surface area is 107 Å². The van der Waals surface area contributed by atoms with Crippen molar-refractivity contribution in [2.24, 2.45) is 0 Å². The Morgan fingerprint density at radius 3 is 2.50 bits per heavy atom. The molecule has 1 aromatic heterocycles. The molecule has 94 valence electrons. The lowest BCUT2D eigenvalue weighted by molar-refractivity contribution is 0.0933. The second kappa shape index (κ2) is 5.17. The second-order valence-corrected chi connectivity index (χ2v) is 4.47. The summed E-state index contributed by atoms with van der Waals surface area (Å²) in [6.45, 7) is 5.92. The standard InChI is InChI=1S/C15H18N2O/c1-4-13-5-7-14(8-6-13)15(18)11(2)17-10-9-16-12(17)3/h5-11H,4H2,1-3H3. The first kappa shape index (κ1) is 12.6. The van der Waals surface area contributed by atoms with Gasteiger partial charge in [-0.15, -0.1) is 0 Å². The van der Waals surface area contributed by atoms with Crippen molar-refractivity contribution in [3.8, 4) is 0 Å². The molecule has 2 aromatic rings. The normalized spacial score (nSPS) is 12.4. The van der Waals surface area contributed by atoms with Crippen molar-refractivity contribution in [1.29, 1.82) is 0 Å². The van der Waals surface area contributed by atoms with Crippen molar-refractivity contribution < 1.29 is 4.79 Å². The molecule has 18 heavy (non-hydrogen) atoms. The minimum absolute atomic E-state index is 0.124. The van der Waals surface area contributed by atoms with Crippen molar-refractivity contribution >= 4 is 5.78 Å². The van der Waals surface area contributed by atoms with Crippen molar-refractivity contribution in [3.05, 3.63) is 53.6 Å². The van der Waals surface area contributed by atoms with Crippen LogP contribution in [0.4, 0.5) is 0 Å². The van der Waals surface area contributed by atoms with Crippen LogP contribution in [0.15, 0.2) is 36.7 Å². The predicted octanol–water partition coefficient (Wildman–Crippen LogP) is 3.20. The summed E-state index contributed by atoms with van der Waals surface area (Å²) < 4.78 is 1.90. The summed E-state index contributed by atoms with van der Waals surface area (Å²) in [6.07, 6.45) is 4.56. The molecule has 2 rings (SSSR count). The van der Waals surface area contributed by atoms with E-state index in [0.717, 1.165) is 17.8 Å².